The molecule has 0 radical (unpaired) electrons. The van der Waals surface area contributed by atoms with E-state index in [1.807, 2.05) is 6.07 Å². The van der Waals surface area contributed by atoms with Crippen LogP contribution in [0.5, 0.6) is 0 Å². The molecule has 5 nitrogen and oxygen atoms in total. The maximum Gasteiger partial charge on any atom is 0.259 e. The van der Waals surface area contributed by atoms with Gasteiger partial charge in [0.25, 0.3) is 5.56 Å². The van der Waals surface area contributed by atoms with Crippen molar-refractivity contribution in [1.82, 2.24) is 9.97 Å². The Bertz CT molecular complexity index is 1050. The summed E-state index contributed by atoms with van der Waals surface area (Å²) in [6.07, 6.45) is 4.62. The minimum atomic E-state index is -3.20. The Hall–Kier alpha value is -2.73. The van der Waals surface area contributed by atoms with Crippen molar-refractivity contribution in [1.29, 1.82) is 0 Å². The molecule has 0 amide bonds. The Morgan fingerprint density at radius 3 is 2.39 bits per heavy atom. The average Bonchev–Trinajstić information content (AvgIpc) is 2.52. The van der Waals surface area contributed by atoms with Gasteiger partial charge >= 0.3 is 0 Å². The second-order valence-corrected chi connectivity index (χ2v) is 7.16. The second kappa shape index (κ2) is 5.81. The Morgan fingerprint density at radius 2 is 1.70 bits per heavy atom. The Labute approximate surface area is 133 Å². The molecule has 0 fully saturated rings. The van der Waals surface area contributed by atoms with Gasteiger partial charge in [0.05, 0.1) is 15.8 Å². The largest absolute Gasteiger partial charge is 0.306 e. The normalized spacial score (nSPS) is 12.0. The van der Waals surface area contributed by atoms with Crippen molar-refractivity contribution in [3.63, 3.8) is 0 Å². The zero-order valence-corrected chi connectivity index (χ0v) is 13.2. The number of nitrogens with zero attached hydrogens (tertiary/aromatic N) is 1. The van der Waals surface area contributed by atoms with Gasteiger partial charge in [-0.1, -0.05) is 30.3 Å². The number of para-hydroxylation sites is 1. The highest BCUT2D eigenvalue weighted by Crippen LogP contribution is 2.13. The first-order valence-electron chi connectivity index (χ1n) is 6.91. The molecule has 2 aromatic carbocycles. The van der Waals surface area contributed by atoms with Crippen molar-refractivity contribution in [3.05, 3.63) is 70.3 Å². The van der Waals surface area contributed by atoms with E-state index in [2.05, 4.69) is 9.97 Å². The summed E-state index contributed by atoms with van der Waals surface area (Å²) in [5, 5.41) is 0.544. The standard InChI is InChI=1S/C17H14N2O3S/c1-23(21,22)13-9-6-12(7-10-13)8-11-16-18-15-5-3-2-4-14(15)17(20)19-16/h2-11H,1H3,(H,18,19,20)/b11-8+. The fourth-order valence-electron chi connectivity index (χ4n) is 2.18. The van der Waals surface area contributed by atoms with Crippen LogP contribution >= 0.6 is 0 Å². The number of rotatable bonds is 3. The number of sulfone groups is 1. The molecule has 0 aliphatic carbocycles. The van der Waals surface area contributed by atoms with Crippen LogP contribution in [0.1, 0.15) is 11.4 Å². The van der Waals surface area contributed by atoms with E-state index in [-0.39, 0.29) is 10.5 Å². The molecule has 3 aromatic rings. The Balaban J connectivity index is 1.92. The van der Waals surface area contributed by atoms with Gasteiger partial charge < -0.3 is 4.98 Å². The predicted molar refractivity (Wildman–Crippen MR) is 90.8 cm³/mol. The monoisotopic (exact) mass is 326 g/mol. The van der Waals surface area contributed by atoms with E-state index in [1.54, 1.807) is 54.6 Å². The van der Waals surface area contributed by atoms with Gasteiger partial charge in [0.1, 0.15) is 5.82 Å². The summed E-state index contributed by atoms with van der Waals surface area (Å²) in [5.41, 5.74) is 1.25. The van der Waals surface area contributed by atoms with E-state index in [1.165, 1.54) is 6.26 Å². The summed E-state index contributed by atoms with van der Waals surface area (Å²) in [6, 6.07) is 13.6. The summed E-state index contributed by atoms with van der Waals surface area (Å²) in [4.78, 5) is 19.3. The summed E-state index contributed by atoms with van der Waals surface area (Å²) in [7, 11) is -3.20. The number of aromatic amines is 1. The first-order chi connectivity index (χ1) is 10.9. The second-order valence-electron chi connectivity index (χ2n) is 5.14. The quantitative estimate of drug-likeness (QED) is 0.802. The minimum absolute atomic E-state index is 0.192. The van der Waals surface area contributed by atoms with Crippen molar-refractivity contribution in [3.8, 4) is 0 Å². The first-order valence-corrected chi connectivity index (χ1v) is 8.80. The van der Waals surface area contributed by atoms with E-state index in [0.29, 0.717) is 16.7 Å². The van der Waals surface area contributed by atoms with Crippen LogP contribution < -0.4 is 5.56 Å². The van der Waals surface area contributed by atoms with Crippen LogP contribution in [0.25, 0.3) is 23.1 Å². The maximum atomic E-state index is 12.0. The molecule has 23 heavy (non-hydrogen) atoms. The molecule has 0 aliphatic heterocycles. The molecule has 1 N–H and O–H groups in total. The maximum absolute atomic E-state index is 12.0. The molecule has 0 aliphatic rings. The molecular formula is C17H14N2O3S. The lowest BCUT2D eigenvalue weighted by Crippen LogP contribution is -2.09. The van der Waals surface area contributed by atoms with Gasteiger partial charge in [-0.15, -0.1) is 0 Å². The lowest BCUT2D eigenvalue weighted by molar-refractivity contribution is 0.602. The number of hydrogen-bond acceptors (Lipinski definition) is 4. The zero-order chi connectivity index (χ0) is 16.4. The van der Waals surface area contributed by atoms with Gasteiger partial charge in [-0.2, -0.15) is 0 Å². The molecule has 6 heteroatoms. The molecule has 3 rings (SSSR count). The molecular weight excluding hydrogens is 312 g/mol. The van der Waals surface area contributed by atoms with Crippen LogP contribution in [-0.2, 0) is 9.84 Å². The van der Waals surface area contributed by atoms with E-state index in [4.69, 9.17) is 0 Å². The SMILES string of the molecule is CS(=O)(=O)c1ccc(/C=C/c2nc3ccccc3c(=O)[nH]2)cc1. The molecule has 0 bridgehead atoms. The van der Waals surface area contributed by atoms with E-state index in [9.17, 15) is 13.2 Å². The van der Waals surface area contributed by atoms with Crippen LogP contribution in [0.2, 0.25) is 0 Å². The van der Waals surface area contributed by atoms with Crippen LogP contribution in [-0.4, -0.2) is 24.6 Å². The highest BCUT2D eigenvalue weighted by molar-refractivity contribution is 7.90. The smallest absolute Gasteiger partial charge is 0.259 e. The number of aromatic nitrogens is 2. The Morgan fingerprint density at radius 1 is 1.00 bits per heavy atom. The number of hydrogen-bond donors (Lipinski definition) is 1. The van der Waals surface area contributed by atoms with Crippen molar-refractivity contribution in [2.45, 2.75) is 4.90 Å². The summed E-state index contributed by atoms with van der Waals surface area (Å²) in [5.74, 6) is 0.445. The van der Waals surface area contributed by atoms with Gasteiger partial charge in [-0.05, 0) is 35.9 Å². The summed E-state index contributed by atoms with van der Waals surface area (Å²) in [6.45, 7) is 0. The molecule has 1 heterocycles. The van der Waals surface area contributed by atoms with Crippen molar-refractivity contribution in [2.75, 3.05) is 6.26 Å². The van der Waals surface area contributed by atoms with Crippen molar-refractivity contribution < 1.29 is 8.42 Å². The molecule has 0 saturated carbocycles. The fraction of sp³-hybridized carbons (Fsp3) is 0.0588. The van der Waals surface area contributed by atoms with Gasteiger partial charge in [-0.25, -0.2) is 13.4 Å². The molecule has 1 aromatic heterocycles. The number of H-pyrrole nitrogens is 1. The van der Waals surface area contributed by atoms with Crippen molar-refractivity contribution >= 4 is 32.9 Å². The van der Waals surface area contributed by atoms with Crippen LogP contribution in [0.4, 0.5) is 0 Å². The number of nitrogens with one attached hydrogen (secondary N) is 1. The number of benzene rings is 2. The topological polar surface area (TPSA) is 79.9 Å². The van der Waals surface area contributed by atoms with Gasteiger partial charge in [-0.3, -0.25) is 4.79 Å². The van der Waals surface area contributed by atoms with Crippen LogP contribution in [0, 0.1) is 0 Å². The summed E-state index contributed by atoms with van der Waals surface area (Å²) >= 11 is 0. The lowest BCUT2D eigenvalue weighted by Gasteiger charge is -2.00. The molecule has 0 spiro atoms. The third-order valence-corrected chi connectivity index (χ3v) is 4.50. The van der Waals surface area contributed by atoms with Crippen molar-refractivity contribution in [2.24, 2.45) is 0 Å². The van der Waals surface area contributed by atoms with Crippen LogP contribution in [0.15, 0.2) is 58.2 Å². The Kier molecular flexibility index (Phi) is 3.83. The van der Waals surface area contributed by atoms with Crippen LogP contribution in [0.3, 0.4) is 0 Å². The third kappa shape index (κ3) is 3.37. The number of fused-ring (bicyclic) bond motifs is 1. The average molecular weight is 326 g/mol. The molecule has 116 valence electrons. The van der Waals surface area contributed by atoms with E-state index < -0.39 is 9.84 Å². The lowest BCUT2D eigenvalue weighted by atomic mass is 10.2. The highest BCUT2D eigenvalue weighted by Gasteiger charge is 2.05. The fourth-order valence-corrected chi connectivity index (χ4v) is 2.82. The molecule has 0 atom stereocenters. The minimum Gasteiger partial charge on any atom is -0.306 e. The van der Waals surface area contributed by atoms with E-state index in [0.717, 1.165) is 5.56 Å². The van der Waals surface area contributed by atoms with Gasteiger partial charge in [0, 0.05) is 6.26 Å². The van der Waals surface area contributed by atoms with Gasteiger partial charge in [0.15, 0.2) is 9.84 Å². The predicted octanol–water partition coefficient (Wildman–Crippen LogP) is 2.50. The van der Waals surface area contributed by atoms with Gasteiger partial charge in [0.2, 0.25) is 0 Å². The molecule has 0 unspecified atom stereocenters. The first kappa shape index (κ1) is 15.2. The molecule has 0 saturated heterocycles. The summed E-state index contributed by atoms with van der Waals surface area (Å²) < 4.78 is 22.8. The zero-order valence-electron chi connectivity index (χ0n) is 12.4. The van der Waals surface area contributed by atoms with E-state index >= 15 is 0 Å². The third-order valence-electron chi connectivity index (χ3n) is 3.37. The highest BCUT2D eigenvalue weighted by atomic mass is 32.2.